The smallest absolute Gasteiger partial charge is 0.462 e. The molecule has 0 fully saturated rings. The maximum Gasteiger partial charge on any atom is 0.472 e. The van der Waals surface area contributed by atoms with E-state index in [9.17, 15) is 43.2 Å². The monoisotopic (exact) mass is 1480 g/mol. The molecule has 0 aromatic heterocycles. The number of rotatable bonds is 80. The number of unbranched alkanes of at least 4 members (excludes halogenated alkanes) is 46. The van der Waals surface area contributed by atoms with E-state index in [2.05, 4.69) is 48.5 Å². The first-order chi connectivity index (χ1) is 48.8. The molecule has 3 N–H and O–H groups in total. The van der Waals surface area contributed by atoms with E-state index < -0.39 is 97.5 Å². The number of carbonyl (C=O) groups is 4. The Hall–Kier alpha value is -1.94. The molecule has 19 heteroatoms. The van der Waals surface area contributed by atoms with Crippen LogP contribution < -0.4 is 0 Å². The Balaban J connectivity index is 5.12. The molecule has 0 amide bonds. The fourth-order valence-corrected chi connectivity index (χ4v) is 14.2. The number of ether oxygens (including phenoxy) is 4. The standard InChI is InChI=1S/C82H160O17P2/c1-8-11-12-46-56-63-79(84)92-69-77(98-81(86)65-59-52-45-39-33-27-21-22-28-34-40-47-53-60-73(4)5)71-96-100(88,89)94-67-76(83)68-95-101(90,91)97-72-78(70-93-80(85)64-57-50-43-37-31-25-20-19-24-30-36-42-49-55-62-75(7)10-3)99-82(87)66-58-51-44-38-32-26-18-16-14-13-15-17-23-29-35-41-48-54-61-74(6)9-2/h73-78,83H,8-72H2,1-7H3,(H,88,89)(H,90,91)/t74?,75?,76-,77+,78+/m0/s1. The van der Waals surface area contributed by atoms with Gasteiger partial charge in [0.1, 0.15) is 19.3 Å². The number of hydrogen-bond donors (Lipinski definition) is 3. The SMILES string of the molecule is CCCCCCCC(=O)OC[C@H](COP(=O)(O)OC[C@H](O)COP(=O)(O)OC[C@@H](COC(=O)CCCCCCCCCCCCCCCCC(C)CC)OC(=O)CCCCCCCCCCCCCCCCCCCCC(C)CC)OC(=O)CCCCCCCCCCCCCCCC(C)C. The molecule has 0 heterocycles. The topological polar surface area (TPSA) is 237 Å². The summed E-state index contributed by atoms with van der Waals surface area (Å²) < 4.78 is 68.5. The van der Waals surface area contributed by atoms with Crippen molar-refractivity contribution in [1.82, 2.24) is 0 Å². The highest BCUT2D eigenvalue weighted by Gasteiger charge is 2.30. The van der Waals surface area contributed by atoms with E-state index in [0.717, 1.165) is 114 Å². The maximum absolute atomic E-state index is 13.1. The first-order valence-corrected chi connectivity index (χ1v) is 45.4. The molecule has 0 aromatic carbocycles. The predicted octanol–water partition coefficient (Wildman–Crippen LogP) is 24.5. The van der Waals surface area contributed by atoms with Crippen LogP contribution in [0.4, 0.5) is 0 Å². The first kappa shape index (κ1) is 99.1. The van der Waals surface area contributed by atoms with Crippen molar-refractivity contribution in [2.45, 2.75) is 446 Å². The second-order valence-electron chi connectivity index (χ2n) is 30.5. The van der Waals surface area contributed by atoms with E-state index in [1.165, 1.54) is 231 Å². The van der Waals surface area contributed by atoms with E-state index in [-0.39, 0.29) is 25.7 Å². The lowest BCUT2D eigenvalue weighted by atomic mass is 9.99. The van der Waals surface area contributed by atoms with Crippen LogP contribution in [-0.4, -0.2) is 96.7 Å². The number of aliphatic hydroxyl groups is 1. The molecule has 0 rings (SSSR count). The Kier molecular flexibility index (Phi) is 70.9. The summed E-state index contributed by atoms with van der Waals surface area (Å²) in [5, 5.41) is 10.6. The first-order valence-electron chi connectivity index (χ1n) is 42.4. The van der Waals surface area contributed by atoms with Crippen LogP contribution in [0.3, 0.4) is 0 Å². The van der Waals surface area contributed by atoms with Crippen molar-refractivity contribution < 1.29 is 80.2 Å². The van der Waals surface area contributed by atoms with Gasteiger partial charge in [0.25, 0.3) is 0 Å². The predicted molar refractivity (Wildman–Crippen MR) is 414 cm³/mol. The Bertz CT molecular complexity index is 1960. The number of carbonyl (C=O) groups excluding carboxylic acids is 4. The Labute approximate surface area is 619 Å². The fraction of sp³-hybridized carbons (Fsp3) is 0.951. The minimum absolute atomic E-state index is 0.106. The zero-order valence-corrected chi connectivity index (χ0v) is 68.2. The second kappa shape index (κ2) is 72.3. The number of phosphoric ester groups is 2. The third kappa shape index (κ3) is 73.4. The van der Waals surface area contributed by atoms with Gasteiger partial charge >= 0.3 is 39.5 Å². The summed E-state index contributed by atoms with van der Waals surface area (Å²) in [6.07, 6.45) is 61.4. The molecule has 0 radical (unpaired) electrons. The van der Waals surface area contributed by atoms with Crippen molar-refractivity contribution >= 4 is 39.5 Å². The molecule has 0 saturated heterocycles. The van der Waals surface area contributed by atoms with Gasteiger partial charge in [-0.2, -0.15) is 0 Å². The number of phosphoric acid groups is 2. The second-order valence-corrected chi connectivity index (χ2v) is 33.4. The van der Waals surface area contributed by atoms with Crippen molar-refractivity contribution in [2.75, 3.05) is 39.6 Å². The molecule has 0 spiro atoms. The van der Waals surface area contributed by atoms with Gasteiger partial charge in [0.2, 0.25) is 0 Å². The molecular weight excluding hydrogens is 1320 g/mol. The van der Waals surface area contributed by atoms with Crippen molar-refractivity contribution in [3.63, 3.8) is 0 Å². The minimum atomic E-state index is -4.96. The molecule has 0 aliphatic carbocycles. The Morgan fingerprint density at radius 1 is 0.287 bits per heavy atom. The molecule has 7 atom stereocenters. The molecule has 0 saturated carbocycles. The summed E-state index contributed by atoms with van der Waals surface area (Å²) in [5.74, 6) is 0.387. The molecule has 101 heavy (non-hydrogen) atoms. The average Bonchev–Trinajstić information content (AvgIpc) is 1.05. The zero-order valence-electron chi connectivity index (χ0n) is 66.4. The van der Waals surface area contributed by atoms with Crippen molar-refractivity contribution in [3.8, 4) is 0 Å². The molecule has 0 aromatic rings. The summed E-state index contributed by atoms with van der Waals surface area (Å²) in [6, 6.07) is 0. The van der Waals surface area contributed by atoms with Gasteiger partial charge in [-0.3, -0.25) is 37.3 Å². The third-order valence-electron chi connectivity index (χ3n) is 19.9. The molecule has 4 unspecified atom stereocenters. The van der Waals surface area contributed by atoms with Crippen LogP contribution in [0.15, 0.2) is 0 Å². The number of hydrogen-bond acceptors (Lipinski definition) is 15. The molecule has 0 aliphatic rings. The molecule has 17 nitrogen and oxygen atoms in total. The van der Waals surface area contributed by atoms with Crippen LogP contribution in [0, 0.1) is 17.8 Å². The van der Waals surface area contributed by atoms with Gasteiger partial charge < -0.3 is 33.8 Å². The largest absolute Gasteiger partial charge is 0.472 e. The maximum atomic E-state index is 13.1. The average molecular weight is 1480 g/mol. The molecule has 0 aliphatic heterocycles. The highest BCUT2D eigenvalue weighted by atomic mass is 31.2. The van der Waals surface area contributed by atoms with Crippen molar-refractivity contribution in [1.29, 1.82) is 0 Å². The zero-order chi connectivity index (χ0) is 74.4. The summed E-state index contributed by atoms with van der Waals surface area (Å²) in [7, 11) is -9.91. The third-order valence-corrected chi connectivity index (χ3v) is 21.8. The summed E-state index contributed by atoms with van der Waals surface area (Å²) in [5.41, 5.74) is 0. The van der Waals surface area contributed by atoms with E-state index >= 15 is 0 Å². The highest BCUT2D eigenvalue weighted by molar-refractivity contribution is 7.47. The highest BCUT2D eigenvalue weighted by Crippen LogP contribution is 2.45. The van der Waals surface area contributed by atoms with Crippen LogP contribution in [0.2, 0.25) is 0 Å². The van der Waals surface area contributed by atoms with Crippen LogP contribution in [0.5, 0.6) is 0 Å². The van der Waals surface area contributed by atoms with Crippen LogP contribution >= 0.6 is 15.6 Å². The fourth-order valence-electron chi connectivity index (χ4n) is 12.6. The summed E-state index contributed by atoms with van der Waals surface area (Å²) in [4.78, 5) is 72.8. The Morgan fingerprint density at radius 3 is 0.752 bits per heavy atom. The van der Waals surface area contributed by atoms with Gasteiger partial charge in [-0.25, -0.2) is 9.13 Å². The lowest BCUT2D eigenvalue weighted by Crippen LogP contribution is -2.30. The van der Waals surface area contributed by atoms with Gasteiger partial charge in [0.05, 0.1) is 26.4 Å². The van der Waals surface area contributed by atoms with Crippen molar-refractivity contribution in [2.24, 2.45) is 17.8 Å². The number of aliphatic hydroxyl groups excluding tert-OH is 1. The summed E-state index contributed by atoms with van der Waals surface area (Å²) in [6.45, 7) is 12.0. The molecular formula is C82H160O17P2. The van der Waals surface area contributed by atoms with Crippen LogP contribution in [0.25, 0.3) is 0 Å². The van der Waals surface area contributed by atoms with E-state index in [0.29, 0.717) is 25.7 Å². The van der Waals surface area contributed by atoms with Gasteiger partial charge in [-0.1, -0.05) is 376 Å². The van der Waals surface area contributed by atoms with Gasteiger partial charge in [0, 0.05) is 25.7 Å². The molecule has 600 valence electrons. The quantitative estimate of drug-likeness (QED) is 0.0222. The van der Waals surface area contributed by atoms with Gasteiger partial charge in [-0.05, 0) is 43.4 Å². The van der Waals surface area contributed by atoms with E-state index in [1.54, 1.807) is 0 Å². The van der Waals surface area contributed by atoms with Crippen LogP contribution in [-0.2, 0) is 65.4 Å². The lowest BCUT2D eigenvalue weighted by molar-refractivity contribution is -0.161. The molecule has 0 bridgehead atoms. The normalized spacial score (nSPS) is 14.5. The number of esters is 4. The van der Waals surface area contributed by atoms with E-state index in [4.69, 9.17) is 37.0 Å². The Morgan fingerprint density at radius 2 is 0.505 bits per heavy atom. The van der Waals surface area contributed by atoms with Gasteiger partial charge in [0.15, 0.2) is 12.2 Å². The summed E-state index contributed by atoms with van der Waals surface area (Å²) >= 11 is 0. The van der Waals surface area contributed by atoms with Crippen LogP contribution in [0.1, 0.15) is 427 Å². The van der Waals surface area contributed by atoms with Crippen molar-refractivity contribution in [3.05, 3.63) is 0 Å². The van der Waals surface area contributed by atoms with E-state index in [1.807, 2.05) is 0 Å². The lowest BCUT2D eigenvalue weighted by Gasteiger charge is -2.21. The minimum Gasteiger partial charge on any atom is -0.462 e. The van der Waals surface area contributed by atoms with Gasteiger partial charge in [-0.15, -0.1) is 0 Å².